The largest absolute Gasteiger partial charge is 0.462 e. The number of aromatic amines is 1. The van der Waals surface area contributed by atoms with Crippen LogP contribution in [0.2, 0.25) is 0 Å². The Morgan fingerprint density at radius 2 is 1.79 bits per heavy atom. The number of carbonyl (C=O) groups excluding carboxylic acids is 4. The molecule has 0 bridgehead atoms. The van der Waals surface area contributed by atoms with Crippen LogP contribution >= 0.6 is 11.3 Å². The molecule has 2 rings (SSSR count). The summed E-state index contributed by atoms with van der Waals surface area (Å²) in [5, 5.41) is 2.95. The molecule has 2 heterocycles. The predicted octanol–water partition coefficient (Wildman–Crippen LogP) is 3.43. The number of ether oxygens (including phenoxy) is 2. The summed E-state index contributed by atoms with van der Waals surface area (Å²) in [5.74, 6) is -2.01. The second kappa shape index (κ2) is 9.51. The van der Waals surface area contributed by atoms with Crippen molar-refractivity contribution < 1.29 is 28.7 Å². The number of ketones is 1. The van der Waals surface area contributed by atoms with Crippen LogP contribution in [-0.4, -0.2) is 41.8 Å². The van der Waals surface area contributed by atoms with Crippen LogP contribution in [0.1, 0.15) is 68.1 Å². The lowest BCUT2D eigenvalue weighted by molar-refractivity contribution is -0.119. The first kappa shape index (κ1) is 22.4. The number of rotatable bonds is 8. The fourth-order valence-corrected chi connectivity index (χ4v) is 3.92. The molecule has 0 saturated carbocycles. The summed E-state index contributed by atoms with van der Waals surface area (Å²) >= 11 is 1.27. The zero-order valence-corrected chi connectivity index (χ0v) is 17.9. The monoisotopic (exact) mass is 420 g/mol. The molecule has 9 heteroatoms. The molecule has 0 aliphatic rings. The van der Waals surface area contributed by atoms with Crippen molar-refractivity contribution in [2.75, 3.05) is 18.5 Å². The first-order valence-electron chi connectivity index (χ1n) is 9.16. The Bertz CT molecular complexity index is 957. The van der Waals surface area contributed by atoms with Crippen molar-refractivity contribution in [2.45, 2.75) is 41.0 Å². The number of amides is 1. The van der Waals surface area contributed by atoms with E-state index in [1.165, 1.54) is 18.3 Å². The van der Waals surface area contributed by atoms with E-state index in [0.29, 0.717) is 28.2 Å². The summed E-state index contributed by atoms with van der Waals surface area (Å²) in [6, 6.07) is 1.68. The van der Waals surface area contributed by atoms with E-state index >= 15 is 0 Å². The lowest BCUT2D eigenvalue weighted by Gasteiger charge is -2.07. The number of carbonyl (C=O) groups is 4. The normalized spacial score (nSPS) is 10.5. The third-order valence-corrected chi connectivity index (χ3v) is 5.40. The molecule has 0 aliphatic carbocycles. The molecular formula is C20H24N2O6S. The molecular weight excluding hydrogens is 396 g/mol. The van der Waals surface area contributed by atoms with Gasteiger partial charge in [0.1, 0.15) is 10.7 Å². The average molecular weight is 420 g/mol. The Morgan fingerprint density at radius 1 is 1.10 bits per heavy atom. The molecule has 2 aromatic rings. The molecule has 1 amide bonds. The summed E-state index contributed by atoms with van der Waals surface area (Å²) in [7, 11) is 0. The van der Waals surface area contributed by atoms with Crippen LogP contribution in [0.5, 0.6) is 0 Å². The van der Waals surface area contributed by atoms with Crippen molar-refractivity contribution in [3.05, 3.63) is 39.0 Å². The molecule has 8 nitrogen and oxygen atoms in total. The standard InChI is InChI=1S/C20H24N2O6S/c1-6-13-8-14(19(25)27-7-2)18(29-13)22-15(24)9-28-20(26)17-10(3)16(12(5)23)11(4)21-17/h8,21H,6-7,9H2,1-5H3,(H,22,24). The molecule has 0 aliphatic heterocycles. The van der Waals surface area contributed by atoms with Gasteiger partial charge in [-0.1, -0.05) is 6.92 Å². The summed E-state index contributed by atoms with van der Waals surface area (Å²) in [6.45, 7) is 8.06. The van der Waals surface area contributed by atoms with E-state index in [1.54, 1.807) is 26.8 Å². The average Bonchev–Trinajstić information content (AvgIpc) is 3.20. The number of hydrogen-bond donors (Lipinski definition) is 2. The number of H-pyrrole nitrogens is 1. The zero-order chi connectivity index (χ0) is 21.7. The van der Waals surface area contributed by atoms with Crippen LogP contribution in [0.25, 0.3) is 0 Å². The van der Waals surface area contributed by atoms with Crippen molar-refractivity contribution in [3.63, 3.8) is 0 Å². The highest BCUT2D eigenvalue weighted by molar-refractivity contribution is 7.16. The van der Waals surface area contributed by atoms with Gasteiger partial charge in [-0.05, 0) is 45.7 Å². The Morgan fingerprint density at radius 3 is 2.34 bits per heavy atom. The highest BCUT2D eigenvalue weighted by Crippen LogP contribution is 2.29. The summed E-state index contributed by atoms with van der Waals surface area (Å²) in [5.41, 5.74) is 1.89. The van der Waals surface area contributed by atoms with Gasteiger partial charge in [-0.25, -0.2) is 9.59 Å². The highest BCUT2D eigenvalue weighted by Gasteiger charge is 2.23. The van der Waals surface area contributed by atoms with Crippen LogP contribution in [0.4, 0.5) is 5.00 Å². The highest BCUT2D eigenvalue weighted by atomic mass is 32.1. The molecule has 0 atom stereocenters. The third kappa shape index (κ3) is 5.11. The fraction of sp³-hybridized carbons (Fsp3) is 0.400. The lowest BCUT2D eigenvalue weighted by atomic mass is 10.1. The molecule has 0 fully saturated rings. The second-order valence-corrected chi connectivity index (χ2v) is 7.47. The molecule has 0 saturated heterocycles. The Kier molecular flexibility index (Phi) is 7.33. The minimum atomic E-state index is -0.737. The van der Waals surface area contributed by atoms with Gasteiger partial charge in [-0.3, -0.25) is 9.59 Å². The van der Waals surface area contributed by atoms with E-state index in [4.69, 9.17) is 9.47 Å². The molecule has 156 valence electrons. The first-order chi connectivity index (χ1) is 13.7. The fourth-order valence-electron chi connectivity index (χ4n) is 2.92. The van der Waals surface area contributed by atoms with Gasteiger partial charge in [-0.2, -0.15) is 0 Å². The molecule has 0 aromatic carbocycles. The number of anilines is 1. The van der Waals surface area contributed by atoms with Crippen LogP contribution in [0.3, 0.4) is 0 Å². The molecule has 0 radical (unpaired) electrons. The third-order valence-electron chi connectivity index (χ3n) is 4.21. The molecule has 0 spiro atoms. The smallest absolute Gasteiger partial charge is 0.355 e. The molecule has 29 heavy (non-hydrogen) atoms. The van der Waals surface area contributed by atoms with E-state index in [9.17, 15) is 19.2 Å². The number of nitrogens with one attached hydrogen (secondary N) is 2. The number of Topliss-reactive ketones (excluding diaryl/α,β-unsaturated/α-hetero) is 1. The predicted molar refractivity (Wildman–Crippen MR) is 109 cm³/mol. The topological polar surface area (TPSA) is 115 Å². The Hall–Kier alpha value is -2.94. The zero-order valence-electron chi connectivity index (χ0n) is 17.1. The van der Waals surface area contributed by atoms with Crippen molar-refractivity contribution in [1.82, 2.24) is 4.98 Å². The number of thiophene rings is 1. The maximum Gasteiger partial charge on any atom is 0.355 e. The molecule has 2 N–H and O–H groups in total. The number of aromatic nitrogens is 1. The van der Waals surface area contributed by atoms with Gasteiger partial charge in [0.05, 0.1) is 12.2 Å². The van der Waals surface area contributed by atoms with E-state index in [-0.39, 0.29) is 23.6 Å². The number of hydrogen-bond acceptors (Lipinski definition) is 7. The second-order valence-electron chi connectivity index (χ2n) is 6.34. The van der Waals surface area contributed by atoms with Crippen LogP contribution in [-0.2, 0) is 20.7 Å². The summed E-state index contributed by atoms with van der Waals surface area (Å²) < 4.78 is 10.1. The number of esters is 2. The van der Waals surface area contributed by atoms with Gasteiger partial charge in [0.25, 0.3) is 5.91 Å². The SMILES string of the molecule is CCOC(=O)c1cc(CC)sc1NC(=O)COC(=O)c1[nH]c(C)c(C(C)=O)c1C. The Labute approximate surface area is 172 Å². The van der Waals surface area contributed by atoms with Crippen LogP contribution < -0.4 is 5.32 Å². The minimum Gasteiger partial charge on any atom is -0.462 e. The first-order valence-corrected chi connectivity index (χ1v) is 9.98. The van der Waals surface area contributed by atoms with Gasteiger partial charge in [0, 0.05) is 16.1 Å². The number of aryl methyl sites for hydroxylation is 2. The van der Waals surface area contributed by atoms with Gasteiger partial charge in [0.2, 0.25) is 0 Å². The minimum absolute atomic E-state index is 0.136. The van der Waals surface area contributed by atoms with Crippen molar-refractivity contribution in [2.24, 2.45) is 0 Å². The van der Waals surface area contributed by atoms with Gasteiger partial charge < -0.3 is 19.8 Å². The van der Waals surface area contributed by atoms with E-state index in [2.05, 4.69) is 10.3 Å². The summed E-state index contributed by atoms with van der Waals surface area (Å²) in [6.07, 6.45) is 0.700. The molecule has 2 aromatic heterocycles. The quantitative estimate of drug-likeness (QED) is 0.499. The van der Waals surface area contributed by atoms with E-state index in [1.807, 2.05) is 6.92 Å². The van der Waals surface area contributed by atoms with Crippen molar-refractivity contribution in [3.8, 4) is 0 Å². The van der Waals surface area contributed by atoms with E-state index in [0.717, 1.165) is 4.88 Å². The van der Waals surface area contributed by atoms with Crippen LogP contribution in [0, 0.1) is 13.8 Å². The maximum atomic E-state index is 12.3. The van der Waals surface area contributed by atoms with Gasteiger partial charge >= 0.3 is 11.9 Å². The van der Waals surface area contributed by atoms with Gasteiger partial charge in [-0.15, -0.1) is 11.3 Å². The summed E-state index contributed by atoms with van der Waals surface area (Å²) in [4.78, 5) is 52.0. The lowest BCUT2D eigenvalue weighted by Crippen LogP contribution is -2.22. The van der Waals surface area contributed by atoms with Crippen molar-refractivity contribution in [1.29, 1.82) is 0 Å². The van der Waals surface area contributed by atoms with Crippen molar-refractivity contribution >= 4 is 40.0 Å². The maximum absolute atomic E-state index is 12.3. The van der Waals surface area contributed by atoms with Crippen LogP contribution in [0.15, 0.2) is 6.07 Å². The Balaban J connectivity index is 2.06. The molecule has 0 unspecified atom stereocenters. The van der Waals surface area contributed by atoms with E-state index < -0.39 is 24.5 Å². The van der Waals surface area contributed by atoms with Gasteiger partial charge in [0.15, 0.2) is 12.4 Å².